The van der Waals surface area contributed by atoms with Crippen LogP contribution in [-0.2, 0) is 0 Å². The van der Waals surface area contributed by atoms with Gasteiger partial charge in [0, 0.05) is 5.02 Å². The molecule has 0 radical (unpaired) electrons. The molecule has 7 heteroatoms. The van der Waals surface area contributed by atoms with E-state index in [9.17, 15) is 4.79 Å². The molecule has 0 saturated carbocycles. The Balaban J connectivity index is 2.41. The highest BCUT2D eigenvalue weighted by atomic mass is 79.9. The van der Waals surface area contributed by atoms with Crippen LogP contribution in [0.25, 0.3) is 0 Å². The molecule has 4 nitrogen and oxygen atoms in total. The Morgan fingerprint density at radius 3 is 2.88 bits per heavy atom. The number of nitrogens with zero attached hydrogens (tertiary/aromatic N) is 1. The van der Waals surface area contributed by atoms with E-state index in [0.717, 1.165) is 0 Å². The molecule has 17 heavy (non-hydrogen) atoms. The number of hydrogen-bond acceptors (Lipinski definition) is 3. The number of hydrogen-bond donors (Lipinski definition) is 2. The lowest BCUT2D eigenvalue weighted by Gasteiger charge is -2.08. The first-order chi connectivity index (χ1) is 8.08. The molecular weight excluding hydrogens is 329 g/mol. The van der Waals surface area contributed by atoms with Gasteiger partial charge in [-0.25, -0.2) is 4.98 Å². The Bertz CT molecular complexity index is 615. The first kappa shape index (κ1) is 12.4. The Morgan fingerprint density at radius 2 is 2.12 bits per heavy atom. The van der Waals surface area contributed by atoms with Crippen LogP contribution in [0.1, 0.15) is 0 Å². The molecule has 2 rings (SSSR count). The van der Waals surface area contributed by atoms with E-state index >= 15 is 0 Å². The number of rotatable bonds is 2. The van der Waals surface area contributed by atoms with Gasteiger partial charge in [-0.05, 0) is 34.1 Å². The van der Waals surface area contributed by atoms with Crippen LogP contribution in [-0.4, -0.2) is 9.97 Å². The largest absolute Gasteiger partial charge is 0.338 e. The lowest BCUT2D eigenvalue weighted by Crippen LogP contribution is -2.10. The summed E-state index contributed by atoms with van der Waals surface area (Å²) in [5.74, 6) is 0.373. The van der Waals surface area contributed by atoms with Crippen molar-refractivity contribution in [2.75, 3.05) is 5.32 Å². The highest BCUT2D eigenvalue weighted by Crippen LogP contribution is 2.29. The second-order valence-electron chi connectivity index (χ2n) is 3.14. The molecule has 1 aromatic carbocycles. The summed E-state index contributed by atoms with van der Waals surface area (Å²) in [7, 11) is 0. The highest BCUT2D eigenvalue weighted by Gasteiger charge is 2.08. The third kappa shape index (κ3) is 2.80. The Morgan fingerprint density at radius 1 is 1.35 bits per heavy atom. The van der Waals surface area contributed by atoms with Crippen molar-refractivity contribution in [1.82, 2.24) is 9.97 Å². The SMILES string of the molecule is O=c1[nH]cnc(Nc2cc(Cl)ccc2Cl)c1Br. The molecule has 1 heterocycles. The quantitative estimate of drug-likeness (QED) is 0.882. The molecule has 0 fully saturated rings. The van der Waals surface area contributed by atoms with Gasteiger partial charge in [0.15, 0.2) is 5.82 Å². The van der Waals surface area contributed by atoms with Gasteiger partial charge in [0.1, 0.15) is 4.47 Å². The molecule has 88 valence electrons. The van der Waals surface area contributed by atoms with Crippen LogP contribution in [0.15, 0.2) is 33.8 Å². The fourth-order valence-corrected chi connectivity index (χ4v) is 1.84. The van der Waals surface area contributed by atoms with Crippen molar-refractivity contribution in [3.05, 3.63) is 49.4 Å². The van der Waals surface area contributed by atoms with Crippen molar-refractivity contribution >= 4 is 50.6 Å². The minimum Gasteiger partial charge on any atom is -0.338 e. The maximum absolute atomic E-state index is 11.3. The molecule has 0 aliphatic rings. The van der Waals surface area contributed by atoms with E-state index in [1.165, 1.54) is 6.33 Å². The molecule has 0 amide bonds. The zero-order valence-corrected chi connectivity index (χ0v) is 11.4. The molecule has 2 aromatic rings. The van der Waals surface area contributed by atoms with Crippen molar-refractivity contribution in [3.63, 3.8) is 0 Å². The third-order valence-electron chi connectivity index (χ3n) is 1.98. The zero-order valence-electron chi connectivity index (χ0n) is 8.30. The average Bonchev–Trinajstić information content (AvgIpc) is 2.30. The predicted octanol–water partition coefficient (Wildman–Crippen LogP) is 3.58. The van der Waals surface area contributed by atoms with Gasteiger partial charge in [0.05, 0.1) is 17.0 Å². The molecule has 0 saturated heterocycles. The summed E-state index contributed by atoms with van der Waals surface area (Å²) in [6.45, 7) is 0. The number of H-pyrrole nitrogens is 1. The molecule has 0 unspecified atom stereocenters. The monoisotopic (exact) mass is 333 g/mol. The molecule has 0 aliphatic carbocycles. The van der Waals surface area contributed by atoms with E-state index in [1.807, 2.05) is 0 Å². The minimum absolute atomic E-state index is 0.277. The van der Waals surface area contributed by atoms with Crippen LogP contribution in [0, 0.1) is 0 Å². The topological polar surface area (TPSA) is 57.8 Å². The van der Waals surface area contributed by atoms with Crippen molar-refractivity contribution in [3.8, 4) is 0 Å². The first-order valence-electron chi connectivity index (χ1n) is 4.53. The number of benzene rings is 1. The van der Waals surface area contributed by atoms with Gasteiger partial charge in [0.2, 0.25) is 0 Å². The van der Waals surface area contributed by atoms with E-state index in [4.69, 9.17) is 23.2 Å². The molecule has 0 atom stereocenters. The molecule has 0 bridgehead atoms. The molecule has 0 aliphatic heterocycles. The number of anilines is 2. The Labute approximate surface area is 115 Å². The number of aromatic nitrogens is 2. The summed E-state index contributed by atoms with van der Waals surface area (Å²) in [6.07, 6.45) is 1.30. The zero-order chi connectivity index (χ0) is 12.4. The van der Waals surface area contributed by atoms with Gasteiger partial charge in [-0.15, -0.1) is 0 Å². The fraction of sp³-hybridized carbons (Fsp3) is 0. The van der Waals surface area contributed by atoms with Crippen molar-refractivity contribution in [2.24, 2.45) is 0 Å². The first-order valence-corrected chi connectivity index (χ1v) is 6.08. The van der Waals surface area contributed by atoms with E-state index in [2.05, 4.69) is 31.2 Å². The van der Waals surface area contributed by atoms with Crippen molar-refractivity contribution in [2.45, 2.75) is 0 Å². The van der Waals surface area contributed by atoms with Gasteiger partial charge in [0.25, 0.3) is 5.56 Å². The van der Waals surface area contributed by atoms with Crippen LogP contribution in [0.2, 0.25) is 10.0 Å². The standard InChI is InChI=1S/C10H6BrCl2N3O/c11-8-9(14-4-15-10(8)17)16-7-3-5(12)1-2-6(7)13/h1-4H,(H2,14,15,16,17). The van der Waals surface area contributed by atoms with Crippen LogP contribution in [0.3, 0.4) is 0 Å². The van der Waals surface area contributed by atoms with E-state index in [1.54, 1.807) is 18.2 Å². The van der Waals surface area contributed by atoms with Gasteiger partial charge in [-0.2, -0.15) is 0 Å². The number of nitrogens with one attached hydrogen (secondary N) is 2. The summed E-state index contributed by atoms with van der Waals surface area (Å²) in [5.41, 5.74) is 0.304. The predicted molar refractivity (Wildman–Crippen MR) is 72.3 cm³/mol. The summed E-state index contributed by atoms with van der Waals surface area (Å²) in [5, 5.41) is 3.96. The Kier molecular flexibility index (Phi) is 3.71. The maximum atomic E-state index is 11.3. The van der Waals surface area contributed by atoms with E-state index < -0.39 is 0 Å². The summed E-state index contributed by atoms with van der Waals surface area (Å²) < 4.78 is 0.302. The van der Waals surface area contributed by atoms with Gasteiger partial charge in [-0.1, -0.05) is 23.2 Å². The molecular formula is C10H6BrCl2N3O. The van der Waals surface area contributed by atoms with Gasteiger partial charge >= 0.3 is 0 Å². The van der Waals surface area contributed by atoms with Crippen LogP contribution in [0.5, 0.6) is 0 Å². The summed E-state index contributed by atoms with van der Waals surface area (Å²) in [6, 6.07) is 4.99. The Hall–Kier alpha value is -1.04. The number of halogens is 3. The third-order valence-corrected chi connectivity index (χ3v) is 3.28. The van der Waals surface area contributed by atoms with Crippen molar-refractivity contribution in [1.29, 1.82) is 0 Å². The van der Waals surface area contributed by atoms with Crippen LogP contribution < -0.4 is 10.9 Å². The molecule has 2 N–H and O–H groups in total. The average molecular weight is 335 g/mol. The maximum Gasteiger partial charge on any atom is 0.267 e. The fourth-order valence-electron chi connectivity index (χ4n) is 1.19. The lowest BCUT2D eigenvalue weighted by atomic mass is 10.3. The smallest absolute Gasteiger partial charge is 0.267 e. The second-order valence-corrected chi connectivity index (χ2v) is 4.78. The molecule has 1 aromatic heterocycles. The van der Waals surface area contributed by atoms with E-state index in [-0.39, 0.29) is 5.56 Å². The van der Waals surface area contributed by atoms with Crippen molar-refractivity contribution < 1.29 is 0 Å². The van der Waals surface area contributed by atoms with Crippen LogP contribution in [0.4, 0.5) is 11.5 Å². The van der Waals surface area contributed by atoms with E-state index in [0.29, 0.717) is 26.0 Å². The normalized spacial score (nSPS) is 10.3. The highest BCUT2D eigenvalue weighted by molar-refractivity contribution is 9.10. The summed E-state index contributed by atoms with van der Waals surface area (Å²) in [4.78, 5) is 17.8. The molecule has 0 spiro atoms. The minimum atomic E-state index is -0.277. The van der Waals surface area contributed by atoms with Gasteiger partial charge in [-0.3, -0.25) is 4.79 Å². The number of aromatic amines is 1. The summed E-state index contributed by atoms with van der Waals surface area (Å²) >= 11 is 15.0. The second kappa shape index (κ2) is 5.08. The lowest BCUT2D eigenvalue weighted by molar-refractivity contribution is 1.10. The van der Waals surface area contributed by atoms with Gasteiger partial charge < -0.3 is 10.3 Å². The van der Waals surface area contributed by atoms with Crippen LogP contribution >= 0.6 is 39.1 Å².